The van der Waals surface area contributed by atoms with Crippen LogP contribution in [0.15, 0.2) is 24.3 Å². The predicted molar refractivity (Wildman–Crippen MR) is 83.6 cm³/mol. The van der Waals surface area contributed by atoms with Gasteiger partial charge in [0.1, 0.15) is 0 Å². The Bertz CT molecular complexity index is 384. The van der Waals surface area contributed by atoms with Crippen molar-refractivity contribution < 1.29 is 19.3 Å². The molecule has 0 bridgehead atoms. The minimum absolute atomic E-state index is 0.208. The van der Waals surface area contributed by atoms with Crippen molar-refractivity contribution in [2.24, 2.45) is 0 Å². The molecule has 0 saturated carbocycles. The molecule has 0 aliphatic rings. The van der Waals surface area contributed by atoms with E-state index in [2.05, 4.69) is 5.32 Å². The van der Waals surface area contributed by atoms with Crippen LogP contribution in [0, 0.1) is 0 Å². The molecule has 2 N–H and O–H groups in total. The van der Waals surface area contributed by atoms with Crippen molar-refractivity contribution in [3.8, 4) is 0 Å². The molecule has 1 aromatic carbocycles. The molecule has 1 aromatic rings. The number of hydrogen-bond donors (Lipinski definition) is 2. The molecule has 21 heavy (non-hydrogen) atoms. The number of aliphatic hydroxyl groups excluding tert-OH is 1. The lowest BCUT2D eigenvalue weighted by atomic mass is 10.2. The maximum absolute atomic E-state index is 9.84. The van der Waals surface area contributed by atoms with E-state index >= 15 is 0 Å². The highest BCUT2D eigenvalue weighted by molar-refractivity contribution is 5.45. The number of rotatable bonds is 11. The van der Waals surface area contributed by atoms with Crippen LogP contribution in [0.3, 0.4) is 0 Å². The Hall–Kier alpha value is -1.14. The lowest BCUT2D eigenvalue weighted by Gasteiger charge is -2.14. The van der Waals surface area contributed by atoms with Crippen LogP contribution in [0.2, 0.25) is 0 Å². The molecule has 0 fully saturated rings. The van der Waals surface area contributed by atoms with Crippen molar-refractivity contribution in [2.75, 3.05) is 38.8 Å². The van der Waals surface area contributed by atoms with E-state index in [1.807, 2.05) is 38.1 Å². The summed E-state index contributed by atoms with van der Waals surface area (Å²) >= 11 is 0. The number of aliphatic hydroxyl groups is 1. The van der Waals surface area contributed by atoms with E-state index in [1.54, 1.807) is 7.11 Å². The van der Waals surface area contributed by atoms with Gasteiger partial charge in [-0.2, -0.15) is 0 Å². The average Bonchev–Trinajstić information content (AvgIpc) is 2.45. The largest absolute Gasteiger partial charge is 0.389 e. The highest BCUT2D eigenvalue weighted by atomic mass is 16.5. The fourth-order valence-electron chi connectivity index (χ4n) is 1.79. The Morgan fingerprint density at radius 1 is 1.24 bits per heavy atom. The smallest absolute Gasteiger partial charge is 0.0945 e. The Balaban J connectivity index is 2.17. The molecular weight excluding hydrogens is 270 g/mol. The first-order chi connectivity index (χ1) is 10.1. The third-order valence-corrected chi connectivity index (χ3v) is 2.77. The van der Waals surface area contributed by atoms with Crippen molar-refractivity contribution in [3.05, 3.63) is 29.8 Å². The monoisotopic (exact) mass is 297 g/mol. The van der Waals surface area contributed by atoms with E-state index in [-0.39, 0.29) is 6.10 Å². The number of anilines is 1. The summed E-state index contributed by atoms with van der Waals surface area (Å²) in [6, 6.07) is 7.93. The molecule has 0 heterocycles. The van der Waals surface area contributed by atoms with Gasteiger partial charge in [0.05, 0.1) is 38.6 Å². The van der Waals surface area contributed by atoms with E-state index < -0.39 is 6.10 Å². The molecular formula is C16H27NO4. The van der Waals surface area contributed by atoms with Crippen LogP contribution >= 0.6 is 0 Å². The van der Waals surface area contributed by atoms with Crippen LogP contribution in [-0.4, -0.2) is 50.8 Å². The zero-order valence-corrected chi connectivity index (χ0v) is 13.2. The third-order valence-electron chi connectivity index (χ3n) is 2.77. The van der Waals surface area contributed by atoms with Crippen molar-refractivity contribution in [1.82, 2.24) is 0 Å². The van der Waals surface area contributed by atoms with Crippen LogP contribution < -0.4 is 5.32 Å². The Morgan fingerprint density at radius 2 is 2.05 bits per heavy atom. The molecule has 0 aromatic heterocycles. The quantitative estimate of drug-likeness (QED) is 0.612. The maximum Gasteiger partial charge on any atom is 0.0945 e. The summed E-state index contributed by atoms with van der Waals surface area (Å²) < 4.78 is 15.8. The first-order valence-electron chi connectivity index (χ1n) is 7.31. The van der Waals surface area contributed by atoms with Gasteiger partial charge in [0.2, 0.25) is 0 Å². The summed E-state index contributed by atoms with van der Waals surface area (Å²) in [5.41, 5.74) is 2.06. The molecule has 0 saturated heterocycles. The standard InChI is InChI=1S/C16H27NO4/c1-13(2)21-8-7-20-12-16(18)10-17-15-6-4-5-14(9-15)11-19-3/h4-6,9,13,16-18H,7-8,10-12H2,1-3H3. The summed E-state index contributed by atoms with van der Waals surface area (Å²) in [5, 5.41) is 13.0. The van der Waals surface area contributed by atoms with Crippen LogP contribution in [-0.2, 0) is 20.8 Å². The summed E-state index contributed by atoms with van der Waals surface area (Å²) in [6.07, 6.45) is -0.338. The average molecular weight is 297 g/mol. The summed E-state index contributed by atoms with van der Waals surface area (Å²) in [6.45, 7) is 6.34. The topological polar surface area (TPSA) is 60.0 Å². The summed E-state index contributed by atoms with van der Waals surface area (Å²) in [7, 11) is 1.67. The van der Waals surface area contributed by atoms with E-state index in [0.29, 0.717) is 33.0 Å². The first kappa shape index (κ1) is 17.9. The predicted octanol–water partition coefficient (Wildman–Crippen LogP) is 2.05. The second kappa shape index (κ2) is 10.6. The zero-order chi connectivity index (χ0) is 15.5. The molecule has 1 unspecified atom stereocenters. The van der Waals surface area contributed by atoms with Crippen molar-refractivity contribution >= 4 is 5.69 Å². The van der Waals surface area contributed by atoms with Crippen LogP contribution in [0.25, 0.3) is 0 Å². The van der Waals surface area contributed by atoms with Gasteiger partial charge in [0.25, 0.3) is 0 Å². The molecule has 0 radical (unpaired) electrons. The zero-order valence-electron chi connectivity index (χ0n) is 13.2. The first-order valence-corrected chi connectivity index (χ1v) is 7.31. The molecule has 0 amide bonds. The van der Waals surface area contributed by atoms with E-state index in [9.17, 15) is 5.11 Å². The Morgan fingerprint density at radius 3 is 2.76 bits per heavy atom. The SMILES string of the molecule is COCc1cccc(NCC(O)COCCOC(C)C)c1. The van der Waals surface area contributed by atoms with Gasteiger partial charge in [-0.1, -0.05) is 12.1 Å². The number of hydrogen-bond acceptors (Lipinski definition) is 5. The van der Waals surface area contributed by atoms with Crippen molar-refractivity contribution in [1.29, 1.82) is 0 Å². The lowest BCUT2D eigenvalue weighted by Crippen LogP contribution is -2.25. The van der Waals surface area contributed by atoms with Gasteiger partial charge in [-0.25, -0.2) is 0 Å². The molecule has 1 rings (SSSR count). The molecule has 0 aliphatic carbocycles. The maximum atomic E-state index is 9.84. The van der Waals surface area contributed by atoms with Gasteiger partial charge in [0, 0.05) is 19.3 Å². The highest BCUT2D eigenvalue weighted by Gasteiger charge is 2.05. The van der Waals surface area contributed by atoms with Gasteiger partial charge in [0.15, 0.2) is 0 Å². The number of ether oxygens (including phenoxy) is 3. The molecule has 1 atom stereocenters. The van der Waals surface area contributed by atoms with Gasteiger partial charge in [-0.05, 0) is 31.5 Å². The minimum Gasteiger partial charge on any atom is -0.389 e. The van der Waals surface area contributed by atoms with Gasteiger partial charge >= 0.3 is 0 Å². The van der Waals surface area contributed by atoms with Crippen molar-refractivity contribution in [3.63, 3.8) is 0 Å². The van der Waals surface area contributed by atoms with Crippen LogP contribution in [0.5, 0.6) is 0 Å². The second-order valence-electron chi connectivity index (χ2n) is 5.16. The second-order valence-corrected chi connectivity index (χ2v) is 5.16. The van der Waals surface area contributed by atoms with E-state index in [1.165, 1.54) is 0 Å². The highest BCUT2D eigenvalue weighted by Crippen LogP contribution is 2.11. The fourth-order valence-corrected chi connectivity index (χ4v) is 1.79. The number of methoxy groups -OCH3 is 1. The molecule has 5 heteroatoms. The van der Waals surface area contributed by atoms with E-state index in [4.69, 9.17) is 14.2 Å². The van der Waals surface area contributed by atoms with Gasteiger partial charge < -0.3 is 24.6 Å². The van der Waals surface area contributed by atoms with Gasteiger partial charge in [-0.15, -0.1) is 0 Å². The molecule has 120 valence electrons. The third kappa shape index (κ3) is 8.67. The number of benzene rings is 1. The Kier molecular flexibility index (Phi) is 9.01. The van der Waals surface area contributed by atoms with Gasteiger partial charge in [-0.3, -0.25) is 0 Å². The minimum atomic E-state index is -0.546. The molecule has 5 nitrogen and oxygen atoms in total. The fraction of sp³-hybridized carbons (Fsp3) is 0.625. The molecule has 0 spiro atoms. The van der Waals surface area contributed by atoms with Crippen LogP contribution in [0.4, 0.5) is 5.69 Å². The summed E-state index contributed by atoms with van der Waals surface area (Å²) in [5.74, 6) is 0. The Labute approximate surface area is 127 Å². The normalized spacial score (nSPS) is 12.6. The van der Waals surface area contributed by atoms with E-state index in [0.717, 1.165) is 11.3 Å². The van der Waals surface area contributed by atoms with Crippen molar-refractivity contribution in [2.45, 2.75) is 32.7 Å². The summed E-state index contributed by atoms with van der Waals surface area (Å²) in [4.78, 5) is 0. The van der Waals surface area contributed by atoms with Crippen LogP contribution in [0.1, 0.15) is 19.4 Å². The lowest BCUT2D eigenvalue weighted by molar-refractivity contribution is -0.00734. The molecule has 0 aliphatic heterocycles. The number of nitrogens with one attached hydrogen (secondary N) is 1.